The Bertz CT molecular complexity index is 418. The van der Waals surface area contributed by atoms with Crippen LogP contribution in [0.25, 0.3) is 0 Å². The van der Waals surface area contributed by atoms with E-state index in [1.165, 1.54) is 6.20 Å². The predicted molar refractivity (Wildman–Crippen MR) is 61.1 cm³/mol. The second kappa shape index (κ2) is 4.94. The highest BCUT2D eigenvalue weighted by Gasteiger charge is 2.24. The van der Waals surface area contributed by atoms with Gasteiger partial charge in [-0.2, -0.15) is 4.98 Å². The molecule has 17 heavy (non-hydrogen) atoms. The molecule has 1 fully saturated rings. The largest absolute Gasteiger partial charge is 0.469 e. The van der Waals surface area contributed by atoms with Gasteiger partial charge in [0.2, 0.25) is 5.95 Å². The molecule has 0 bridgehead atoms. The highest BCUT2D eigenvalue weighted by atomic mass is 16.6. The molecule has 0 aromatic carbocycles. The van der Waals surface area contributed by atoms with Gasteiger partial charge in [-0.3, -0.25) is 10.1 Å². The van der Waals surface area contributed by atoms with Gasteiger partial charge >= 0.3 is 5.69 Å². The van der Waals surface area contributed by atoms with Crippen LogP contribution in [0.4, 0.5) is 11.6 Å². The summed E-state index contributed by atoms with van der Waals surface area (Å²) < 4.78 is 5.58. The molecule has 1 saturated carbocycles. The van der Waals surface area contributed by atoms with Crippen molar-refractivity contribution in [2.24, 2.45) is 0 Å². The van der Waals surface area contributed by atoms with Crippen molar-refractivity contribution in [3.05, 3.63) is 16.3 Å². The smallest absolute Gasteiger partial charge is 0.349 e. The Hall–Kier alpha value is -1.92. The SMILES string of the molecule is CNc1ncc([N+](=O)[O-])c(OC2CCCC2)n1. The molecule has 0 amide bonds. The minimum absolute atomic E-state index is 0.0355. The maximum absolute atomic E-state index is 10.8. The molecular weight excluding hydrogens is 224 g/mol. The van der Waals surface area contributed by atoms with E-state index in [2.05, 4.69) is 15.3 Å². The molecule has 1 N–H and O–H groups in total. The van der Waals surface area contributed by atoms with Gasteiger partial charge in [-0.25, -0.2) is 4.98 Å². The fraction of sp³-hybridized carbons (Fsp3) is 0.600. The number of rotatable bonds is 4. The first-order chi connectivity index (χ1) is 8.20. The van der Waals surface area contributed by atoms with Gasteiger partial charge in [0.15, 0.2) is 0 Å². The summed E-state index contributed by atoms with van der Waals surface area (Å²) in [6, 6.07) is 0. The maximum Gasteiger partial charge on any atom is 0.349 e. The van der Waals surface area contributed by atoms with Crippen LogP contribution in [0.1, 0.15) is 25.7 Å². The van der Waals surface area contributed by atoms with Crippen LogP contribution in [-0.2, 0) is 0 Å². The van der Waals surface area contributed by atoms with Gasteiger partial charge in [-0.1, -0.05) is 0 Å². The lowest BCUT2D eigenvalue weighted by Gasteiger charge is -2.12. The van der Waals surface area contributed by atoms with Gasteiger partial charge in [0.05, 0.1) is 4.92 Å². The van der Waals surface area contributed by atoms with Crippen molar-refractivity contribution in [3.63, 3.8) is 0 Å². The maximum atomic E-state index is 10.8. The van der Waals surface area contributed by atoms with Crippen LogP contribution < -0.4 is 10.1 Å². The van der Waals surface area contributed by atoms with Crippen LogP contribution in [0.3, 0.4) is 0 Å². The van der Waals surface area contributed by atoms with Crippen molar-refractivity contribution in [2.45, 2.75) is 31.8 Å². The third-order valence-electron chi connectivity index (χ3n) is 2.74. The van der Waals surface area contributed by atoms with Crippen molar-refractivity contribution >= 4 is 11.6 Å². The fourth-order valence-electron chi connectivity index (χ4n) is 1.86. The molecule has 92 valence electrons. The first-order valence-electron chi connectivity index (χ1n) is 5.56. The van der Waals surface area contributed by atoms with Crippen molar-refractivity contribution in [2.75, 3.05) is 12.4 Å². The Kier molecular flexibility index (Phi) is 3.36. The van der Waals surface area contributed by atoms with E-state index in [9.17, 15) is 10.1 Å². The summed E-state index contributed by atoms with van der Waals surface area (Å²) in [7, 11) is 1.65. The Morgan fingerprint density at radius 3 is 2.82 bits per heavy atom. The second-order valence-electron chi connectivity index (χ2n) is 3.92. The second-order valence-corrected chi connectivity index (χ2v) is 3.92. The summed E-state index contributed by atoms with van der Waals surface area (Å²) in [5, 5.41) is 13.6. The molecule has 2 rings (SSSR count). The molecule has 1 heterocycles. The number of anilines is 1. The van der Waals surface area contributed by atoms with Gasteiger partial charge in [0, 0.05) is 7.05 Å². The predicted octanol–water partition coefficient (Wildman–Crippen LogP) is 1.75. The summed E-state index contributed by atoms with van der Waals surface area (Å²) in [6.45, 7) is 0. The average molecular weight is 238 g/mol. The third kappa shape index (κ3) is 2.61. The number of nitro groups is 1. The lowest BCUT2D eigenvalue weighted by atomic mass is 10.3. The minimum atomic E-state index is -0.524. The molecule has 0 spiro atoms. The zero-order chi connectivity index (χ0) is 12.3. The number of aromatic nitrogens is 2. The summed E-state index contributed by atoms with van der Waals surface area (Å²) >= 11 is 0. The molecular formula is C10H14N4O3. The molecule has 1 aliphatic carbocycles. The van der Waals surface area contributed by atoms with E-state index in [1.54, 1.807) is 7.05 Å². The summed E-state index contributed by atoms with van der Waals surface area (Å²) in [5.74, 6) is 0.379. The van der Waals surface area contributed by atoms with Crippen LogP contribution >= 0.6 is 0 Å². The first kappa shape index (κ1) is 11.6. The standard InChI is InChI=1S/C10H14N4O3/c1-11-10-12-6-8(14(15)16)9(13-10)17-7-4-2-3-5-7/h6-7H,2-5H2,1H3,(H,11,12,13). The number of hydrogen-bond acceptors (Lipinski definition) is 6. The van der Waals surface area contributed by atoms with Crippen molar-refractivity contribution < 1.29 is 9.66 Å². The van der Waals surface area contributed by atoms with Gasteiger partial charge < -0.3 is 10.1 Å². The van der Waals surface area contributed by atoms with Gasteiger partial charge in [0.1, 0.15) is 12.3 Å². The van der Waals surface area contributed by atoms with E-state index < -0.39 is 4.92 Å². The molecule has 1 aromatic heterocycles. The van der Waals surface area contributed by atoms with Gasteiger partial charge in [-0.05, 0) is 25.7 Å². The van der Waals surface area contributed by atoms with Crippen LogP contribution in [0.5, 0.6) is 5.88 Å². The van der Waals surface area contributed by atoms with Gasteiger partial charge in [-0.15, -0.1) is 0 Å². The molecule has 7 heteroatoms. The van der Waals surface area contributed by atoms with Crippen molar-refractivity contribution in [1.29, 1.82) is 0 Å². The van der Waals surface area contributed by atoms with Crippen molar-refractivity contribution in [3.8, 4) is 5.88 Å². The van der Waals surface area contributed by atoms with E-state index in [-0.39, 0.29) is 17.7 Å². The number of nitrogens with zero attached hydrogens (tertiary/aromatic N) is 3. The topological polar surface area (TPSA) is 90.2 Å². The molecule has 7 nitrogen and oxygen atoms in total. The third-order valence-corrected chi connectivity index (χ3v) is 2.74. The molecule has 1 aliphatic rings. The quantitative estimate of drug-likeness (QED) is 0.634. The number of hydrogen-bond donors (Lipinski definition) is 1. The number of nitrogens with one attached hydrogen (secondary N) is 1. The minimum Gasteiger partial charge on any atom is -0.469 e. The fourth-order valence-corrected chi connectivity index (χ4v) is 1.86. The van der Waals surface area contributed by atoms with E-state index in [0.29, 0.717) is 5.95 Å². The zero-order valence-electron chi connectivity index (χ0n) is 9.55. The Morgan fingerprint density at radius 1 is 1.53 bits per heavy atom. The Balaban J connectivity index is 2.24. The molecule has 0 unspecified atom stereocenters. The average Bonchev–Trinajstić information content (AvgIpc) is 2.81. The normalized spacial score (nSPS) is 15.8. The van der Waals surface area contributed by atoms with Gasteiger partial charge in [0.25, 0.3) is 5.88 Å². The lowest BCUT2D eigenvalue weighted by Crippen LogP contribution is -2.14. The van der Waals surface area contributed by atoms with Crippen molar-refractivity contribution in [1.82, 2.24) is 9.97 Å². The Morgan fingerprint density at radius 2 is 2.24 bits per heavy atom. The summed E-state index contributed by atoms with van der Waals surface area (Å²) in [6.07, 6.45) is 5.26. The molecule has 1 aromatic rings. The van der Waals surface area contributed by atoms with E-state index in [4.69, 9.17) is 4.74 Å². The summed E-state index contributed by atoms with van der Waals surface area (Å²) in [5.41, 5.74) is -0.184. The van der Waals surface area contributed by atoms with E-state index >= 15 is 0 Å². The van der Waals surface area contributed by atoms with Crippen LogP contribution in [0.15, 0.2) is 6.20 Å². The molecule has 0 aliphatic heterocycles. The van der Waals surface area contributed by atoms with Crippen LogP contribution in [0, 0.1) is 10.1 Å². The number of ether oxygens (including phenoxy) is 1. The molecule has 0 radical (unpaired) electrons. The molecule has 0 atom stereocenters. The highest BCUT2D eigenvalue weighted by Crippen LogP contribution is 2.29. The lowest BCUT2D eigenvalue weighted by molar-refractivity contribution is -0.386. The highest BCUT2D eigenvalue weighted by molar-refractivity contribution is 5.43. The summed E-state index contributed by atoms with van der Waals surface area (Å²) in [4.78, 5) is 18.1. The zero-order valence-corrected chi connectivity index (χ0v) is 9.55. The van der Waals surface area contributed by atoms with Crippen LogP contribution in [0.2, 0.25) is 0 Å². The van der Waals surface area contributed by atoms with E-state index in [0.717, 1.165) is 25.7 Å². The monoisotopic (exact) mass is 238 g/mol. The molecule has 0 saturated heterocycles. The Labute approximate surface area is 98.4 Å². The van der Waals surface area contributed by atoms with E-state index in [1.807, 2.05) is 0 Å². The van der Waals surface area contributed by atoms with Crippen LogP contribution in [-0.4, -0.2) is 28.0 Å². The first-order valence-corrected chi connectivity index (χ1v) is 5.56.